The zero-order chi connectivity index (χ0) is 8.27. The summed E-state index contributed by atoms with van der Waals surface area (Å²) in [6.45, 7) is 1.67. The van der Waals surface area contributed by atoms with Crippen LogP contribution >= 0.6 is 0 Å². The predicted octanol–water partition coefficient (Wildman–Crippen LogP) is 1.84. The van der Waals surface area contributed by atoms with Crippen LogP contribution in [0.2, 0.25) is 0 Å². The minimum atomic E-state index is -2.01. The van der Waals surface area contributed by atoms with Gasteiger partial charge in [-0.3, -0.25) is 0 Å². The molecule has 0 aliphatic carbocycles. The quantitative estimate of drug-likeness (QED) is 0.591. The van der Waals surface area contributed by atoms with E-state index in [0.717, 1.165) is 5.56 Å². The van der Waals surface area contributed by atoms with Crippen LogP contribution in [0.5, 0.6) is 0 Å². The van der Waals surface area contributed by atoms with Crippen molar-refractivity contribution in [2.45, 2.75) is 12.2 Å². The molecular formula is C8H9O2S+. The number of hydrogen-bond acceptors (Lipinski definition) is 1. The van der Waals surface area contributed by atoms with E-state index in [0.29, 0.717) is 0 Å². The molecule has 0 aliphatic rings. The van der Waals surface area contributed by atoms with Gasteiger partial charge in [0.1, 0.15) is 0 Å². The first-order valence-corrected chi connectivity index (χ1v) is 4.48. The molecule has 11 heavy (non-hydrogen) atoms. The van der Waals surface area contributed by atoms with Crippen molar-refractivity contribution in [1.29, 1.82) is 0 Å². The van der Waals surface area contributed by atoms with Crippen molar-refractivity contribution in [3.63, 3.8) is 0 Å². The maximum atomic E-state index is 10.5. The van der Waals surface area contributed by atoms with Crippen LogP contribution in [-0.2, 0) is 14.6 Å². The summed E-state index contributed by atoms with van der Waals surface area (Å²) in [4.78, 5) is 0. The van der Waals surface area contributed by atoms with E-state index >= 15 is 0 Å². The van der Waals surface area contributed by atoms with E-state index in [1.54, 1.807) is 19.1 Å². The van der Waals surface area contributed by atoms with E-state index in [4.69, 9.17) is 0 Å². The summed E-state index contributed by atoms with van der Waals surface area (Å²) >= 11 is 0. The number of benzene rings is 1. The third kappa shape index (κ3) is 2.06. The van der Waals surface area contributed by atoms with Crippen LogP contribution in [0.3, 0.4) is 0 Å². The minimum absolute atomic E-state index is 0.406. The summed E-state index contributed by atoms with van der Waals surface area (Å²) in [6, 6.07) is 9.14. The molecule has 3 heteroatoms. The molecule has 1 aromatic rings. The van der Waals surface area contributed by atoms with Gasteiger partial charge >= 0.3 is 66.9 Å². The van der Waals surface area contributed by atoms with Gasteiger partial charge in [-0.05, 0) is 0 Å². The monoisotopic (exact) mass is 169 g/mol. The van der Waals surface area contributed by atoms with E-state index in [2.05, 4.69) is 0 Å². The van der Waals surface area contributed by atoms with Gasteiger partial charge in [0.25, 0.3) is 0 Å². The fourth-order valence-corrected chi connectivity index (χ4v) is 1.21. The SMILES string of the molecule is CC(c1ccccc1)S(=O)#[O+]. The zero-order valence-corrected chi connectivity index (χ0v) is 7.01. The van der Waals surface area contributed by atoms with Gasteiger partial charge in [-0.1, -0.05) is 0 Å². The normalized spacial score (nSPS) is 12.4. The standard InChI is InChI=1S/C8H9O2S/c1-7(11(9)10)8-5-3-2-4-6-8/h2-7H,1H3/q+1. The first-order chi connectivity index (χ1) is 5.22. The van der Waals surface area contributed by atoms with Crippen LogP contribution < -0.4 is 0 Å². The molecule has 0 aliphatic heterocycles. The summed E-state index contributed by atoms with van der Waals surface area (Å²) in [5, 5.41) is -0.406. The summed E-state index contributed by atoms with van der Waals surface area (Å²) in [6.07, 6.45) is 0. The second-order valence-electron chi connectivity index (χ2n) is 2.31. The van der Waals surface area contributed by atoms with Crippen LogP contribution in [0, 0.1) is 0 Å². The Bertz CT molecular complexity index is 339. The van der Waals surface area contributed by atoms with Gasteiger partial charge in [0.15, 0.2) is 0 Å². The average molecular weight is 169 g/mol. The molecule has 58 valence electrons. The molecule has 0 radical (unpaired) electrons. The topological polar surface area (TPSA) is 37.0 Å². The Kier molecular flexibility index (Phi) is 2.68. The second-order valence-corrected chi connectivity index (χ2v) is 3.54. The molecule has 0 saturated heterocycles. The van der Waals surface area contributed by atoms with Crippen molar-refractivity contribution < 1.29 is 8.25 Å². The number of hydrogen-bond donors (Lipinski definition) is 0. The van der Waals surface area contributed by atoms with Crippen LogP contribution in [-0.4, -0.2) is 4.21 Å². The Morgan fingerprint density at radius 3 is 2.36 bits per heavy atom. The van der Waals surface area contributed by atoms with Gasteiger partial charge in [-0.2, -0.15) is 0 Å². The zero-order valence-electron chi connectivity index (χ0n) is 6.19. The number of rotatable bonds is 1. The van der Waals surface area contributed by atoms with Crippen molar-refractivity contribution >= 4 is 10.5 Å². The fraction of sp³-hybridized carbons (Fsp3) is 0.250. The molecule has 0 bridgehead atoms. The van der Waals surface area contributed by atoms with E-state index in [1.807, 2.05) is 18.2 Å². The molecule has 0 spiro atoms. The van der Waals surface area contributed by atoms with Gasteiger partial charge in [-0.25, -0.2) is 0 Å². The second kappa shape index (κ2) is 3.55. The molecule has 1 rings (SSSR count). The third-order valence-electron chi connectivity index (χ3n) is 1.56. The molecule has 1 unspecified atom stereocenters. The van der Waals surface area contributed by atoms with Gasteiger partial charge in [0.2, 0.25) is 0 Å². The molecule has 0 fully saturated rings. The van der Waals surface area contributed by atoms with E-state index in [9.17, 15) is 8.25 Å². The molecular weight excluding hydrogens is 160 g/mol. The van der Waals surface area contributed by atoms with Crippen molar-refractivity contribution in [2.24, 2.45) is 0 Å². The van der Waals surface area contributed by atoms with Crippen LogP contribution in [0.1, 0.15) is 17.7 Å². The molecule has 1 aromatic carbocycles. The molecule has 2 nitrogen and oxygen atoms in total. The summed E-state index contributed by atoms with van der Waals surface area (Å²) in [5.41, 5.74) is 0.834. The Labute approximate surface area is 67.5 Å². The Hall–Kier alpha value is -0.800. The Morgan fingerprint density at radius 1 is 1.36 bits per heavy atom. The van der Waals surface area contributed by atoms with Gasteiger partial charge in [0.05, 0.1) is 0 Å². The molecule has 0 amide bonds. The van der Waals surface area contributed by atoms with Crippen LogP contribution in [0.25, 0.3) is 0 Å². The van der Waals surface area contributed by atoms with Crippen molar-refractivity contribution in [1.82, 2.24) is 0 Å². The summed E-state index contributed by atoms with van der Waals surface area (Å²) < 4.78 is 21.0. The average Bonchev–Trinajstić information content (AvgIpc) is 2.05. The third-order valence-corrected chi connectivity index (χ3v) is 2.41. The Morgan fingerprint density at radius 2 is 1.91 bits per heavy atom. The molecule has 0 saturated carbocycles. The van der Waals surface area contributed by atoms with Crippen molar-refractivity contribution in [2.75, 3.05) is 0 Å². The Balaban J connectivity index is 2.97. The first-order valence-electron chi connectivity index (χ1n) is 3.35. The van der Waals surface area contributed by atoms with Gasteiger partial charge in [0, 0.05) is 0 Å². The maximum absolute atomic E-state index is 10.5. The fourth-order valence-electron chi connectivity index (χ4n) is 0.835. The van der Waals surface area contributed by atoms with Crippen LogP contribution in [0.15, 0.2) is 30.3 Å². The van der Waals surface area contributed by atoms with Crippen LogP contribution in [0.4, 0.5) is 0 Å². The predicted molar refractivity (Wildman–Crippen MR) is 43.7 cm³/mol. The summed E-state index contributed by atoms with van der Waals surface area (Å²) in [5.74, 6) is 0. The first kappa shape index (κ1) is 8.30. The van der Waals surface area contributed by atoms with E-state index in [1.165, 1.54) is 0 Å². The van der Waals surface area contributed by atoms with Gasteiger partial charge in [-0.15, -0.1) is 0 Å². The van der Waals surface area contributed by atoms with Crippen molar-refractivity contribution in [3.05, 3.63) is 35.9 Å². The molecule has 1 atom stereocenters. The molecule has 0 heterocycles. The molecule has 0 aromatic heterocycles. The van der Waals surface area contributed by atoms with E-state index in [-0.39, 0.29) is 0 Å². The summed E-state index contributed by atoms with van der Waals surface area (Å²) in [7, 11) is -2.01. The van der Waals surface area contributed by atoms with Crippen molar-refractivity contribution in [3.8, 4) is 0 Å². The molecule has 0 N–H and O–H groups in total. The van der Waals surface area contributed by atoms with Gasteiger partial charge < -0.3 is 0 Å². The van der Waals surface area contributed by atoms with E-state index < -0.39 is 15.8 Å².